The van der Waals surface area contributed by atoms with E-state index in [0.29, 0.717) is 0 Å². The summed E-state index contributed by atoms with van der Waals surface area (Å²) < 4.78 is 0. The SMILES string of the molecule is [Cr].[Fe].[Ni].[Ta]. The van der Waals surface area contributed by atoms with Crippen molar-refractivity contribution < 1.29 is 73.3 Å². The maximum Gasteiger partial charge on any atom is 0 e. The average molecular weight is 347 g/mol. The third kappa shape index (κ3) is 8.86. The second-order valence-electron chi connectivity index (χ2n) is 0. The quantitative estimate of drug-likeness (QED) is 0.541. The molecule has 0 aromatic carbocycles. The first-order valence-corrected chi connectivity index (χ1v) is 0. The van der Waals surface area contributed by atoms with E-state index in [0.717, 1.165) is 0 Å². The summed E-state index contributed by atoms with van der Waals surface area (Å²) in [5, 5.41) is 0. The smallest absolute Gasteiger partial charge is 0 e. The predicted octanol–water partition coefficient (Wildman–Crippen LogP) is -0.0100. The van der Waals surface area contributed by atoms with Gasteiger partial charge in [-0.05, 0) is 0 Å². The second-order valence-corrected chi connectivity index (χ2v) is 0. The van der Waals surface area contributed by atoms with Crippen LogP contribution in [0.1, 0.15) is 0 Å². The molecular formula is CrFeNiTa. The fourth-order valence-electron chi connectivity index (χ4n) is 0. The van der Waals surface area contributed by atoms with Gasteiger partial charge in [-0.25, -0.2) is 0 Å². The Morgan fingerprint density at radius 3 is 1.00 bits per heavy atom. The van der Waals surface area contributed by atoms with Gasteiger partial charge in [0.15, 0.2) is 0 Å². The van der Waals surface area contributed by atoms with Crippen LogP contribution in [0.5, 0.6) is 0 Å². The predicted molar refractivity (Wildman–Crippen MR) is 0 cm³/mol. The van der Waals surface area contributed by atoms with Crippen molar-refractivity contribution >= 4 is 0 Å². The minimum atomic E-state index is 0. The van der Waals surface area contributed by atoms with Gasteiger partial charge in [0.25, 0.3) is 0 Å². The van der Waals surface area contributed by atoms with Crippen molar-refractivity contribution in [1.29, 1.82) is 0 Å². The summed E-state index contributed by atoms with van der Waals surface area (Å²) in [6.07, 6.45) is 0. The number of hydrogen-bond acceptors (Lipinski definition) is 0. The molecule has 0 nitrogen and oxygen atoms in total. The summed E-state index contributed by atoms with van der Waals surface area (Å²) in [5.41, 5.74) is 0. The van der Waals surface area contributed by atoms with Crippen LogP contribution in [0.15, 0.2) is 0 Å². The molecule has 0 rings (SSSR count). The zero-order valence-corrected chi connectivity index (χ0v) is 8.11. The molecule has 0 amide bonds. The minimum absolute atomic E-state index is 0. The van der Waals surface area contributed by atoms with E-state index in [1.807, 2.05) is 0 Å². The molecule has 0 aromatic rings. The second kappa shape index (κ2) is 18.6. The van der Waals surface area contributed by atoms with Crippen LogP contribution in [0.25, 0.3) is 0 Å². The van der Waals surface area contributed by atoms with Crippen molar-refractivity contribution in [2.45, 2.75) is 0 Å². The Kier molecular flexibility index (Phi) is 156. The van der Waals surface area contributed by atoms with Crippen molar-refractivity contribution in [3.63, 3.8) is 0 Å². The summed E-state index contributed by atoms with van der Waals surface area (Å²) in [6.45, 7) is 0. The number of hydrogen-bond donors (Lipinski definition) is 0. The topological polar surface area (TPSA) is 0 Å². The van der Waals surface area contributed by atoms with Crippen LogP contribution in [0, 0.1) is 0 Å². The molecule has 0 unspecified atom stereocenters. The molecule has 0 bridgehead atoms. The van der Waals surface area contributed by atoms with E-state index >= 15 is 0 Å². The normalized spacial score (nSPS) is 0. The standard InChI is InChI=1S/Cr.Fe.Ni.Ta. The van der Waals surface area contributed by atoms with Crippen molar-refractivity contribution in [1.82, 2.24) is 0 Å². The van der Waals surface area contributed by atoms with Gasteiger partial charge in [-0.15, -0.1) is 0 Å². The van der Waals surface area contributed by atoms with Gasteiger partial charge in [0, 0.05) is 73.3 Å². The molecule has 1 radical (unpaired) electrons. The van der Waals surface area contributed by atoms with Crippen LogP contribution in [-0.2, 0) is 73.3 Å². The third-order valence-electron chi connectivity index (χ3n) is 0. The summed E-state index contributed by atoms with van der Waals surface area (Å²) >= 11 is 0. The van der Waals surface area contributed by atoms with Gasteiger partial charge in [-0.2, -0.15) is 0 Å². The minimum Gasteiger partial charge on any atom is 0 e. The van der Waals surface area contributed by atoms with Gasteiger partial charge in [0.2, 0.25) is 0 Å². The fourth-order valence-corrected chi connectivity index (χ4v) is 0. The van der Waals surface area contributed by atoms with Gasteiger partial charge >= 0.3 is 0 Å². The molecule has 0 aliphatic rings. The van der Waals surface area contributed by atoms with E-state index in [1.54, 1.807) is 0 Å². The third-order valence-corrected chi connectivity index (χ3v) is 0. The first-order valence-electron chi connectivity index (χ1n) is 0. The summed E-state index contributed by atoms with van der Waals surface area (Å²) in [5.74, 6) is 0. The van der Waals surface area contributed by atoms with E-state index in [9.17, 15) is 0 Å². The van der Waals surface area contributed by atoms with Crippen LogP contribution < -0.4 is 0 Å². The Hall–Kier alpha value is 2.29. The van der Waals surface area contributed by atoms with Gasteiger partial charge < -0.3 is 0 Å². The monoisotopic (exact) mass is 347 g/mol. The Balaban J connectivity index is 0. The van der Waals surface area contributed by atoms with Gasteiger partial charge in [0.05, 0.1) is 0 Å². The van der Waals surface area contributed by atoms with Crippen molar-refractivity contribution in [2.75, 3.05) is 0 Å². The molecule has 0 N–H and O–H groups in total. The summed E-state index contributed by atoms with van der Waals surface area (Å²) in [7, 11) is 0. The molecule has 29 valence electrons. The Morgan fingerprint density at radius 1 is 1.00 bits per heavy atom. The van der Waals surface area contributed by atoms with E-state index in [2.05, 4.69) is 0 Å². The molecule has 0 spiro atoms. The average Bonchev–Trinajstić information content (AvgIpc) is 0. The van der Waals surface area contributed by atoms with Crippen molar-refractivity contribution in [3.05, 3.63) is 0 Å². The van der Waals surface area contributed by atoms with Crippen molar-refractivity contribution in [2.24, 2.45) is 0 Å². The fraction of sp³-hybridized carbons (Fsp3) is 0. The molecule has 0 fully saturated rings. The Morgan fingerprint density at radius 2 is 1.00 bits per heavy atom. The molecular weight excluding hydrogens is 347 g/mol. The van der Waals surface area contributed by atoms with E-state index < -0.39 is 0 Å². The van der Waals surface area contributed by atoms with E-state index in [1.165, 1.54) is 0 Å². The molecule has 0 aliphatic heterocycles. The first kappa shape index (κ1) is 33.6. The summed E-state index contributed by atoms with van der Waals surface area (Å²) in [6, 6.07) is 0. The summed E-state index contributed by atoms with van der Waals surface area (Å²) in [4.78, 5) is 0. The molecule has 0 saturated heterocycles. The molecule has 0 saturated carbocycles. The van der Waals surface area contributed by atoms with Crippen LogP contribution in [0.4, 0.5) is 0 Å². The van der Waals surface area contributed by atoms with Gasteiger partial charge in [-0.1, -0.05) is 0 Å². The Bertz CT molecular complexity index is 8.00. The number of rotatable bonds is 0. The molecule has 0 aliphatic carbocycles. The maximum absolute atomic E-state index is 0. The Labute approximate surface area is 72.5 Å². The maximum atomic E-state index is 0. The van der Waals surface area contributed by atoms with Crippen LogP contribution in [-0.4, -0.2) is 0 Å². The molecule has 0 atom stereocenters. The van der Waals surface area contributed by atoms with Gasteiger partial charge in [-0.3, -0.25) is 0 Å². The molecule has 4 heteroatoms. The van der Waals surface area contributed by atoms with E-state index in [-0.39, 0.29) is 73.3 Å². The largest absolute Gasteiger partial charge is 0 e. The zero-order valence-electron chi connectivity index (χ0n) is 1.53. The van der Waals surface area contributed by atoms with Crippen LogP contribution in [0.2, 0.25) is 0 Å². The molecule has 0 heterocycles. The first-order chi connectivity index (χ1) is 0. The molecule has 4 heavy (non-hydrogen) atoms. The van der Waals surface area contributed by atoms with Crippen molar-refractivity contribution in [3.8, 4) is 0 Å². The van der Waals surface area contributed by atoms with E-state index in [4.69, 9.17) is 0 Å². The van der Waals surface area contributed by atoms with Crippen LogP contribution >= 0.6 is 0 Å². The van der Waals surface area contributed by atoms with Gasteiger partial charge in [0.1, 0.15) is 0 Å². The molecule has 0 aromatic heterocycles. The van der Waals surface area contributed by atoms with Crippen LogP contribution in [0.3, 0.4) is 0 Å². The zero-order chi connectivity index (χ0) is 0.